The lowest BCUT2D eigenvalue weighted by molar-refractivity contribution is -0.140. The second-order valence-corrected chi connectivity index (χ2v) is 7.24. The molecule has 2 N–H and O–H groups in total. The van der Waals surface area contributed by atoms with E-state index in [1.165, 1.54) is 13.2 Å². The molecule has 0 saturated heterocycles. The Kier molecular flexibility index (Phi) is 6.25. The van der Waals surface area contributed by atoms with Gasteiger partial charge >= 0.3 is 5.97 Å². The second kappa shape index (κ2) is 8.86. The van der Waals surface area contributed by atoms with Crippen molar-refractivity contribution < 1.29 is 19.7 Å². The molecule has 0 radical (unpaired) electrons. The fraction of sp³-hybridized carbons (Fsp3) is 0.318. The van der Waals surface area contributed by atoms with Gasteiger partial charge in [0, 0.05) is 31.4 Å². The van der Waals surface area contributed by atoms with Gasteiger partial charge in [0.05, 0.1) is 25.3 Å². The summed E-state index contributed by atoms with van der Waals surface area (Å²) in [6, 6.07) is 8.33. The highest BCUT2D eigenvalue weighted by atomic mass is 16.5. The lowest BCUT2D eigenvalue weighted by atomic mass is 9.90. The number of hydrogen-bond acceptors (Lipinski definition) is 6. The van der Waals surface area contributed by atoms with Gasteiger partial charge in [-0.05, 0) is 42.7 Å². The quantitative estimate of drug-likeness (QED) is 0.578. The van der Waals surface area contributed by atoms with Gasteiger partial charge in [-0.1, -0.05) is 12.1 Å². The Labute approximate surface area is 174 Å². The fourth-order valence-corrected chi connectivity index (χ4v) is 3.53. The summed E-state index contributed by atoms with van der Waals surface area (Å²) in [5.41, 5.74) is 2.01. The number of pyridine rings is 1. The third-order valence-electron chi connectivity index (χ3n) is 5.16. The van der Waals surface area contributed by atoms with Gasteiger partial charge in [-0.25, -0.2) is 0 Å². The molecule has 3 aromatic rings. The number of benzene rings is 1. The zero-order chi connectivity index (χ0) is 21.8. The first-order valence-electron chi connectivity index (χ1n) is 9.56. The largest absolute Gasteiger partial charge is 0.508 e. The summed E-state index contributed by atoms with van der Waals surface area (Å²) >= 11 is 0. The van der Waals surface area contributed by atoms with Crippen molar-refractivity contribution in [1.29, 1.82) is 0 Å². The standard InChI is InChI=1S/C22H25N3O5/c1-14-10-19(27)21(18(11-20(28)30-3)16-12-23-24(2)13-16)22(29)25(14)9-8-15-4-6-17(26)7-5-15/h4-7,10,12-13,18,26-27H,8-9,11H2,1-3H3. The zero-order valence-corrected chi connectivity index (χ0v) is 17.2. The van der Waals surface area contributed by atoms with Gasteiger partial charge in [-0.2, -0.15) is 5.10 Å². The number of phenols is 1. The molecule has 2 heterocycles. The summed E-state index contributed by atoms with van der Waals surface area (Å²) < 4.78 is 7.97. The van der Waals surface area contributed by atoms with Crippen molar-refractivity contribution in [3.63, 3.8) is 0 Å². The van der Waals surface area contributed by atoms with Gasteiger partial charge < -0.3 is 19.5 Å². The van der Waals surface area contributed by atoms with Crippen LogP contribution in [0, 0.1) is 6.92 Å². The van der Waals surface area contributed by atoms with Crippen molar-refractivity contribution in [2.75, 3.05) is 7.11 Å². The Morgan fingerprint density at radius 1 is 1.23 bits per heavy atom. The van der Waals surface area contributed by atoms with E-state index in [0.717, 1.165) is 5.56 Å². The number of methoxy groups -OCH3 is 1. The Bertz CT molecular complexity index is 1100. The molecule has 8 nitrogen and oxygen atoms in total. The van der Waals surface area contributed by atoms with Gasteiger partial charge in [0.25, 0.3) is 5.56 Å². The molecular formula is C22H25N3O5. The van der Waals surface area contributed by atoms with E-state index < -0.39 is 11.9 Å². The number of aromatic hydroxyl groups is 2. The number of nitrogens with zero attached hydrogens (tertiary/aromatic N) is 3. The molecule has 30 heavy (non-hydrogen) atoms. The van der Waals surface area contributed by atoms with E-state index in [-0.39, 0.29) is 29.0 Å². The minimum atomic E-state index is -0.681. The highest BCUT2D eigenvalue weighted by Crippen LogP contribution is 2.32. The van der Waals surface area contributed by atoms with Crippen LogP contribution in [0.3, 0.4) is 0 Å². The minimum Gasteiger partial charge on any atom is -0.508 e. The molecule has 0 bridgehead atoms. The summed E-state index contributed by atoms with van der Waals surface area (Å²) in [6.07, 6.45) is 3.77. The van der Waals surface area contributed by atoms with E-state index in [4.69, 9.17) is 4.74 Å². The van der Waals surface area contributed by atoms with Gasteiger partial charge in [0.15, 0.2) is 0 Å². The smallest absolute Gasteiger partial charge is 0.306 e. The highest BCUT2D eigenvalue weighted by Gasteiger charge is 2.27. The summed E-state index contributed by atoms with van der Waals surface area (Å²) in [6.45, 7) is 2.14. The average Bonchev–Trinajstić information content (AvgIpc) is 3.14. The SMILES string of the molecule is COC(=O)CC(c1cnn(C)c1)c1c(O)cc(C)n(CCc2ccc(O)cc2)c1=O. The first-order valence-corrected chi connectivity index (χ1v) is 9.56. The molecule has 0 fully saturated rings. The van der Waals surface area contributed by atoms with Gasteiger partial charge in [-0.3, -0.25) is 14.3 Å². The van der Waals surface area contributed by atoms with Crippen LogP contribution in [0.15, 0.2) is 47.5 Å². The van der Waals surface area contributed by atoms with Crippen molar-refractivity contribution in [2.45, 2.75) is 32.2 Å². The molecule has 0 saturated carbocycles. The lowest BCUT2D eigenvalue weighted by Gasteiger charge is -2.19. The molecule has 0 aliphatic heterocycles. The van der Waals surface area contributed by atoms with Crippen molar-refractivity contribution in [3.8, 4) is 11.5 Å². The molecule has 158 valence electrons. The van der Waals surface area contributed by atoms with Crippen molar-refractivity contribution in [3.05, 3.63) is 75.5 Å². The molecule has 0 aliphatic carbocycles. The van der Waals surface area contributed by atoms with E-state index in [1.54, 1.807) is 59.9 Å². The van der Waals surface area contributed by atoms with Gasteiger partial charge in [0.1, 0.15) is 11.5 Å². The molecule has 0 aliphatic rings. The van der Waals surface area contributed by atoms with Crippen LogP contribution in [0.1, 0.15) is 34.7 Å². The maximum Gasteiger partial charge on any atom is 0.306 e. The first-order chi connectivity index (χ1) is 14.3. The molecule has 0 spiro atoms. The fourth-order valence-electron chi connectivity index (χ4n) is 3.53. The lowest BCUT2D eigenvalue weighted by Crippen LogP contribution is -2.29. The first kappa shape index (κ1) is 21.2. The van der Waals surface area contributed by atoms with E-state index in [9.17, 15) is 19.8 Å². The number of phenolic OH excluding ortho intramolecular Hbond substituents is 1. The molecule has 1 atom stereocenters. The summed E-state index contributed by atoms with van der Waals surface area (Å²) in [5.74, 6) is -1.14. The molecule has 8 heteroatoms. The van der Waals surface area contributed by atoms with Crippen LogP contribution in [-0.2, 0) is 29.5 Å². The number of esters is 1. The highest BCUT2D eigenvalue weighted by molar-refractivity contribution is 5.71. The van der Waals surface area contributed by atoms with Crippen molar-refractivity contribution in [1.82, 2.24) is 14.3 Å². The number of aromatic nitrogens is 3. The minimum absolute atomic E-state index is 0.0913. The Balaban J connectivity index is 2.01. The van der Waals surface area contributed by atoms with Crippen LogP contribution in [0.2, 0.25) is 0 Å². The van der Waals surface area contributed by atoms with E-state index in [0.29, 0.717) is 24.2 Å². The number of aryl methyl sites for hydroxylation is 3. The zero-order valence-electron chi connectivity index (χ0n) is 17.2. The third kappa shape index (κ3) is 4.53. The maximum absolute atomic E-state index is 13.4. The number of carbonyl (C=O) groups excluding carboxylic acids is 1. The summed E-state index contributed by atoms with van der Waals surface area (Å²) in [5, 5.41) is 24.2. The topological polar surface area (TPSA) is 107 Å². The number of hydrogen-bond donors (Lipinski definition) is 2. The molecule has 3 rings (SSSR count). The van der Waals surface area contributed by atoms with E-state index >= 15 is 0 Å². The summed E-state index contributed by atoms with van der Waals surface area (Å²) in [7, 11) is 3.03. The molecule has 1 unspecified atom stereocenters. The van der Waals surface area contributed by atoms with Crippen LogP contribution >= 0.6 is 0 Å². The molecular weight excluding hydrogens is 386 g/mol. The third-order valence-corrected chi connectivity index (χ3v) is 5.16. The number of rotatable bonds is 7. The monoisotopic (exact) mass is 411 g/mol. The van der Waals surface area contributed by atoms with Crippen molar-refractivity contribution in [2.24, 2.45) is 7.05 Å². The predicted molar refractivity (Wildman–Crippen MR) is 111 cm³/mol. The Morgan fingerprint density at radius 3 is 2.53 bits per heavy atom. The predicted octanol–water partition coefficient (Wildman–Crippen LogP) is 2.24. The van der Waals surface area contributed by atoms with E-state index in [2.05, 4.69) is 5.10 Å². The van der Waals surface area contributed by atoms with Gasteiger partial charge in [-0.15, -0.1) is 0 Å². The number of carbonyl (C=O) groups is 1. The van der Waals surface area contributed by atoms with Crippen LogP contribution < -0.4 is 5.56 Å². The molecule has 1 aromatic carbocycles. The van der Waals surface area contributed by atoms with Crippen LogP contribution in [-0.4, -0.2) is 37.6 Å². The van der Waals surface area contributed by atoms with E-state index in [1.807, 2.05) is 0 Å². The summed E-state index contributed by atoms with van der Waals surface area (Å²) in [4.78, 5) is 25.4. The normalized spacial score (nSPS) is 12.0. The molecule has 0 amide bonds. The molecule has 2 aromatic heterocycles. The van der Waals surface area contributed by atoms with Crippen LogP contribution in [0.4, 0.5) is 0 Å². The van der Waals surface area contributed by atoms with Crippen LogP contribution in [0.5, 0.6) is 11.5 Å². The maximum atomic E-state index is 13.4. The Morgan fingerprint density at radius 2 is 1.93 bits per heavy atom. The second-order valence-electron chi connectivity index (χ2n) is 7.24. The van der Waals surface area contributed by atoms with Crippen molar-refractivity contribution >= 4 is 5.97 Å². The number of ether oxygens (including phenoxy) is 1. The average molecular weight is 411 g/mol. The Hall–Kier alpha value is -3.55. The van der Waals surface area contributed by atoms with Gasteiger partial charge in [0.2, 0.25) is 0 Å². The van der Waals surface area contributed by atoms with Crippen LogP contribution in [0.25, 0.3) is 0 Å².